The van der Waals surface area contributed by atoms with E-state index < -0.39 is 0 Å². The summed E-state index contributed by atoms with van der Waals surface area (Å²) in [6.07, 6.45) is 0. The quantitative estimate of drug-likeness (QED) is 0.221. The Morgan fingerprint density at radius 1 is 0.237 bits per heavy atom. The van der Waals surface area contributed by atoms with Gasteiger partial charge < -0.3 is 0 Å². The van der Waals surface area contributed by atoms with E-state index in [-0.39, 0.29) is 0 Å². The number of rotatable bonds is 3. The van der Waals surface area contributed by atoms with Crippen LogP contribution in [0.1, 0.15) is 0 Å². The number of benzene rings is 8. The smallest absolute Gasteiger partial charge is 0.00203 e. The zero-order valence-corrected chi connectivity index (χ0v) is 20.9. The minimum Gasteiger partial charge on any atom is -0.0622 e. The Hall–Kier alpha value is -4.94. The van der Waals surface area contributed by atoms with Gasteiger partial charge in [-0.05, 0) is 76.5 Å². The molecule has 176 valence electrons. The second-order valence-corrected chi connectivity index (χ2v) is 10.1. The van der Waals surface area contributed by atoms with Crippen LogP contribution in [0.15, 0.2) is 146 Å². The lowest BCUT2D eigenvalue weighted by molar-refractivity contribution is 1.64. The summed E-state index contributed by atoms with van der Waals surface area (Å²) >= 11 is 0. The van der Waals surface area contributed by atoms with E-state index in [9.17, 15) is 0 Å². The third kappa shape index (κ3) is 3.11. The van der Waals surface area contributed by atoms with Gasteiger partial charge in [0.25, 0.3) is 0 Å². The van der Waals surface area contributed by atoms with Crippen LogP contribution in [0.4, 0.5) is 0 Å². The van der Waals surface area contributed by atoms with Gasteiger partial charge in [-0.1, -0.05) is 146 Å². The van der Waals surface area contributed by atoms with Gasteiger partial charge in [0, 0.05) is 0 Å². The molecule has 8 rings (SSSR count). The fraction of sp³-hybridized carbons (Fsp3) is 0. The normalized spacial score (nSPS) is 11.7. The lowest BCUT2D eigenvalue weighted by atomic mass is 9.85. The Labute approximate surface area is 221 Å². The minimum absolute atomic E-state index is 1.25. The van der Waals surface area contributed by atoms with Crippen molar-refractivity contribution in [1.82, 2.24) is 0 Å². The Morgan fingerprint density at radius 3 is 1.21 bits per heavy atom. The molecule has 0 aliphatic carbocycles. The van der Waals surface area contributed by atoms with Gasteiger partial charge in [-0.3, -0.25) is 0 Å². The van der Waals surface area contributed by atoms with Crippen LogP contribution in [-0.2, 0) is 0 Å². The fourth-order valence-electron chi connectivity index (χ4n) is 6.31. The molecule has 0 unspecified atom stereocenters. The molecule has 0 aromatic heterocycles. The van der Waals surface area contributed by atoms with Crippen LogP contribution in [0.3, 0.4) is 0 Å². The lowest BCUT2D eigenvalue weighted by Crippen LogP contribution is -1.90. The van der Waals surface area contributed by atoms with E-state index in [1.165, 1.54) is 76.5 Å². The molecule has 0 aliphatic heterocycles. The van der Waals surface area contributed by atoms with Crippen LogP contribution in [-0.4, -0.2) is 0 Å². The van der Waals surface area contributed by atoms with Crippen LogP contribution in [0, 0.1) is 0 Å². The molecule has 0 amide bonds. The van der Waals surface area contributed by atoms with Gasteiger partial charge in [0.2, 0.25) is 0 Å². The van der Waals surface area contributed by atoms with Crippen molar-refractivity contribution < 1.29 is 0 Å². The number of fused-ring (bicyclic) bond motifs is 1. The van der Waals surface area contributed by atoms with E-state index in [1.54, 1.807) is 0 Å². The molecule has 0 fully saturated rings. The highest BCUT2D eigenvalue weighted by Crippen LogP contribution is 2.44. The summed E-state index contributed by atoms with van der Waals surface area (Å²) in [5.74, 6) is 0. The SMILES string of the molecule is c1ccc(-c2ccc(-c3ccc4ccc5c(-c6ccccc6)ccc6ccc3c4c65)c3ccccc23)cc1. The first-order chi connectivity index (χ1) is 18.9. The second-order valence-electron chi connectivity index (χ2n) is 10.1. The minimum atomic E-state index is 1.25. The maximum absolute atomic E-state index is 2.32. The summed E-state index contributed by atoms with van der Waals surface area (Å²) in [6, 6.07) is 53.2. The van der Waals surface area contributed by atoms with Crippen molar-refractivity contribution in [3.8, 4) is 33.4 Å². The van der Waals surface area contributed by atoms with E-state index in [4.69, 9.17) is 0 Å². The standard InChI is InChI=1S/C38H24/c1-3-9-25(10-4-1)29-23-24-33(32-14-8-7-13-31(29)32)34-20-16-28-17-21-35-30(26-11-5-2-6-12-26)19-15-27-18-22-36(34)38(28)37(27)35/h1-24H. The van der Waals surface area contributed by atoms with Crippen LogP contribution in [0.5, 0.6) is 0 Å². The van der Waals surface area contributed by atoms with E-state index >= 15 is 0 Å². The summed E-state index contributed by atoms with van der Waals surface area (Å²) < 4.78 is 0. The van der Waals surface area contributed by atoms with E-state index in [0.29, 0.717) is 0 Å². The molecule has 0 heterocycles. The molecule has 0 atom stereocenters. The molecule has 0 N–H and O–H groups in total. The Bertz CT molecular complexity index is 2100. The third-order valence-electron chi connectivity index (χ3n) is 8.05. The first-order valence-corrected chi connectivity index (χ1v) is 13.2. The summed E-state index contributed by atoms with van der Waals surface area (Å²) in [5.41, 5.74) is 7.63. The topological polar surface area (TPSA) is 0 Å². The van der Waals surface area contributed by atoms with Gasteiger partial charge in [-0.25, -0.2) is 0 Å². The maximum Gasteiger partial charge on any atom is -0.00203 e. The van der Waals surface area contributed by atoms with Crippen LogP contribution in [0.2, 0.25) is 0 Å². The van der Waals surface area contributed by atoms with Crippen molar-refractivity contribution in [2.45, 2.75) is 0 Å². The van der Waals surface area contributed by atoms with Crippen molar-refractivity contribution in [3.05, 3.63) is 146 Å². The lowest BCUT2D eigenvalue weighted by Gasteiger charge is -2.18. The molecule has 8 aromatic rings. The molecule has 0 radical (unpaired) electrons. The highest BCUT2D eigenvalue weighted by Gasteiger charge is 2.16. The molecule has 0 saturated heterocycles. The van der Waals surface area contributed by atoms with Gasteiger partial charge in [-0.15, -0.1) is 0 Å². The van der Waals surface area contributed by atoms with Gasteiger partial charge in [0.15, 0.2) is 0 Å². The summed E-state index contributed by atoms with van der Waals surface area (Å²) in [7, 11) is 0. The van der Waals surface area contributed by atoms with E-state index in [0.717, 1.165) is 0 Å². The predicted octanol–water partition coefficient (Wildman–Crippen LogP) is 10.7. The summed E-state index contributed by atoms with van der Waals surface area (Å²) in [4.78, 5) is 0. The highest BCUT2D eigenvalue weighted by molar-refractivity contribution is 6.28. The van der Waals surface area contributed by atoms with Gasteiger partial charge in [0.1, 0.15) is 0 Å². The van der Waals surface area contributed by atoms with Gasteiger partial charge in [-0.2, -0.15) is 0 Å². The molecule has 0 heteroatoms. The predicted molar refractivity (Wildman–Crippen MR) is 164 cm³/mol. The molecule has 0 spiro atoms. The maximum atomic E-state index is 2.32. The molecule has 0 aliphatic rings. The molecular weight excluding hydrogens is 456 g/mol. The van der Waals surface area contributed by atoms with Crippen LogP contribution in [0.25, 0.3) is 76.5 Å². The van der Waals surface area contributed by atoms with Crippen molar-refractivity contribution in [3.63, 3.8) is 0 Å². The van der Waals surface area contributed by atoms with E-state index in [2.05, 4.69) is 146 Å². The van der Waals surface area contributed by atoms with Gasteiger partial charge >= 0.3 is 0 Å². The van der Waals surface area contributed by atoms with Crippen molar-refractivity contribution in [2.24, 2.45) is 0 Å². The highest BCUT2D eigenvalue weighted by atomic mass is 14.2. The first kappa shape index (κ1) is 21.2. The van der Waals surface area contributed by atoms with Crippen LogP contribution >= 0.6 is 0 Å². The van der Waals surface area contributed by atoms with Crippen molar-refractivity contribution in [1.29, 1.82) is 0 Å². The largest absolute Gasteiger partial charge is 0.0622 e. The average molecular weight is 481 g/mol. The molecule has 0 saturated carbocycles. The van der Waals surface area contributed by atoms with Crippen LogP contribution < -0.4 is 0 Å². The Kier molecular flexibility index (Phi) is 4.62. The van der Waals surface area contributed by atoms with E-state index in [1.807, 2.05) is 0 Å². The second kappa shape index (κ2) is 8.30. The molecule has 38 heavy (non-hydrogen) atoms. The Morgan fingerprint density at radius 2 is 0.605 bits per heavy atom. The fourth-order valence-corrected chi connectivity index (χ4v) is 6.31. The van der Waals surface area contributed by atoms with Crippen molar-refractivity contribution >= 4 is 43.1 Å². The average Bonchev–Trinajstić information content (AvgIpc) is 3.00. The molecular formula is C38H24. The molecule has 0 nitrogen and oxygen atoms in total. The monoisotopic (exact) mass is 480 g/mol. The summed E-state index contributed by atoms with van der Waals surface area (Å²) in [6.45, 7) is 0. The molecule has 0 bridgehead atoms. The van der Waals surface area contributed by atoms with Gasteiger partial charge in [0.05, 0.1) is 0 Å². The zero-order valence-electron chi connectivity index (χ0n) is 20.9. The number of hydrogen-bond acceptors (Lipinski definition) is 0. The zero-order chi connectivity index (χ0) is 25.1. The Balaban J connectivity index is 1.43. The first-order valence-electron chi connectivity index (χ1n) is 13.2. The molecule has 8 aromatic carbocycles. The van der Waals surface area contributed by atoms with Crippen molar-refractivity contribution in [2.75, 3.05) is 0 Å². The third-order valence-corrected chi connectivity index (χ3v) is 8.05. The number of hydrogen-bond donors (Lipinski definition) is 0. The summed E-state index contributed by atoms with van der Waals surface area (Å²) in [5, 5.41) is 10.5.